The minimum atomic E-state index is 0.216. The maximum atomic E-state index is 8.80. The normalized spacial score (nSPS) is 12.7. The molecule has 0 amide bonds. The van der Waals surface area contributed by atoms with Crippen LogP contribution in [-0.2, 0) is 0 Å². The lowest BCUT2D eigenvalue weighted by Crippen LogP contribution is -1.93. The Bertz CT molecular complexity index is 366. The smallest absolute Gasteiger partial charge is 0.231 e. The Labute approximate surface area is 70.1 Å². The second-order valence-corrected chi connectivity index (χ2v) is 2.60. The lowest BCUT2D eigenvalue weighted by atomic mass is 10.1. The van der Waals surface area contributed by atoms with Gasteiger partial charge in [0.15, 0.2) is 11.5 Å². The van der Waals surface area contributed by atoms with Gasteiger partial charge in [-0.15, -0.1) is 0 Å². The molecule has 3 nitrogen and oxygen atoms in total. The SMILES string of the molecule is Cc1ccc2c(c1C#N)OCO2. The van der Waals surface area contributed by atoms with Crippen LogP contribution in [0.15, 0.2) is 12.1 Å². The van der Waals surface area contributed by atoms with E-state index in [1.165, 1.54) is 0 Å². The summed E-state index contributed by atoms with van der Waals surface area (Å²) in [5.41, 5.74) is 1.49. The van der Waals surface area contributed by atoms with Crippen molar-refractivity contribution in [2.75, 3.05) is 6.79 Å². The lowest BCUT2D eigenvalue weighted by molar-refractivity contribution is 0.173. The van der Waals surface area contributed by atoms with Crippen molar-refractivity contribution in [3.63, 3.8) is 0 Å². The molecule has 12 heavy (non-hydrogen) atoms. The Morgan fingerprint density at radius 1 is 1.42 bits per heavy atom. The van der Waals surface area contributed by atoms with Crippen molar-refractivity contribution in [2.45, 2.75) is 6.92 Å². The van der Waals surface area contributed by atoms with E-state index in [9.17, 15) is 0 Å². The van der Waals surface area contributed by atoms with Crippen LogP contribution in [0.5, 0.6) is 11.5 Å². The summed E-state index contributed by atoms with van der Waals surface area (Å²) in [6, 6.07) is 5.76. The molecule has 0 aromatic heterocycles. The van der Waals surface area contributed by atoms with Crippen LogP contribution in [0.1, 0.15) is 11.1 Å². The van der Waals surface area contributed by atoms with Gasteiger partial charge in [-0.3, -0.25) is 0 Å². The zero-order valence-corrected chi connectivity index (χ0v) is 6.63. The largest absolute Gasteiger partial charge is 0.454 e. The molecule has 60 valence electrons. The Morgan fingerprint density at radius 3 is 3.00 bits per heavy atom. The molecule has 0 N–H and O–H groups in total. The number of benzene rings is 1. The van der Waals surface area contributed by atoms with Gasteiger partial charge in [0.2, 0.25) is 6.79 Å². The molecule has 1 aromatic rings. The van der Waals surface area contributed by atoms with Crippen molar-refractivity contribution in [2.24, 2.45) is 0 Å². The third-order valence-electron chi connectivity index (χ3n) is 1.86. The zero-order valence-electron chi connectivity index (χ0n) is 6.63. The van der Waals surface area contributed by atoms with Gasteiger partial charge in [0.1, 0.15) is 11.6 Å². The number of nitrogens with zero attached hydrogens (tertiary/aromatic N) is 1. The van der Waals surface area contributed by atoms with Crippen LogP contribution in [0, 0.1) is 18.3 Å². The molecule has 0 atom stereocenters. The van der Waals surface area contributed by atoms with Crippen molar-refractivity contribution >= 4 is 0 Å². The Morgan fingerprint density at radius 2 is 2.25 bits per heavy atom. The van der Waals surface area contributed by atoms with Crippen LogP contribution in [-0.4, -0.2) is 6.79 Å². The fourth-order valence-electron chi connectivity index (χ4n) is 1.21. The molecule has 0 saturated carbocycles. The van der Waals surface area contributed by atoms with Crippen molar-refractivity contribution in [3.05, 3.63) is 23.3 Å². The number of rotatable bonds is 0. The molecule has 2 rings (SSSR count). The highest BCUT2D eigenvalue weighted by Crippen LogP contribution is 2.36. The summed E-state index contributed by atoms with van der Waals surface area (Å²) < 4.78 is 10.3. The summed E-state index contributed by atoms with van der Waals surface area (Å²) in [6.07, 6.45) is 0. The van der Waals surface area contributed by atoms with Crippen LogP contribution >= 0.6 is 0 Å². The first kappa shape index (κ1) is 6.99. The van der Waals surface area contributed by atoms with E-state index in [2.05, 4.69) is 6.07 Å². The van der Waals surface area contributed by atoms with Crippen molar-refractivity contribution in [1.82, 2.24) is 0 Å². The van der Waals surface area contributed by atoms with Crippen LogP contribution in [0.25, 0.3) is 0 Å². The van der Waals surface area contributed by atoms with E-state index in [4.69, 9.17) is 14.7 Å². The van der Waals surface area contributed by atoms with Gasteiger partial charge < -0.3 is 9.47 Å². The van der Waals surface area contributed by atoms with Gasteiger partial charge in [-0.05, 0) is 18.6 Å². The molecule has 3 heteroatoms. The monoisotopic (exact) mass is 161 g/mol. The topological polar surface area (TPSA) is 42.2 Å². The summed E-state index contributed by atoms with van der Waals surface area (Å²) in [5.74, 6) is 1.25. The number of hydrogen-bond acceptors (Lipinski definition) is 3. The second kappa shape index (κ2) is 2.42. The molecule has 1 aliphatic heterocycles. The highest BCUT2D eigenvalue weighted by molar-refractivity contribution is 5.57. The predicted octanol–water partition coefficient (Wildman–Crippen LogP) is 1.60. The number of hydrogen-bond donors (Lipinski definition) is 0. The number of fused-ring (bicyclic) bond motifs is 1. The first-order chi connectivity index (χ1) is 5.83. The van der Waals surface area contributed by atoms with E-state index >= 15 is 0 Å². The van der Waals surface area contributed by atoms with Gasteiger partial charge in [-0.1, -0.05) is 6.07 Å². The fraction of sp³-hybridized carbons (Fsp3) is 0.222. The van der Waals surface area contributed by atoms with Crippen LogP contribution in [0.2, 0.25) is 0 Å². The van der Waals surface area contributed by atoms with E-state index in [1.807, 2.05) is 19.1 Å². The summed E-state index contributed by atoms with van der Waals surface area (Å²) in [7, 11) is 0. The molecule has 0 saturated heterocycles. The molecule has 1 heterocycles. The Hall–Kier alpha value is -1.69. The van der Waals surface area contributed by atoms with Gasteiger partial charge in [0.05, 0.1) is 0 Å². The molecule has 0 fully saturated rings. The third kappa shape index (κ3) is 0.817. The lowest BCUT2D eigenvalue weighted by Gasteiger charge is -2.00. The minimum absolute atomic E-state index is 0.216. The molecular formula is C9H7NO2. The predicted molar refractivity (Wildman–Crippen MR) is 42.0 cm³/mol. The highest BCUT2D eigenvalue weighted by Gasteiger charge is 2.18. The third-order valence-corrected chi connectivity index (χ3v) is 1.86. The zero-order chi connectivity index (χ0) is 8.55. The van der Waals surface area contributed by atoms with Gasteiger partial charge in [-0.2, -0.15) is 5.26 Å². The van der Waals surface area contributed by atoms with E-state index in [1.54, 1.807) is 0 Å². The molecule has 0 bridgehead atoms. The Kier molecular flexibility index (Phi) is 1.41. The molecule has 1 aromatic carbocycles. The summed E-state index contributed by atoms with van der Waals surface area (Å²) in [4.78, 5) is 0. The van der Waals surface area contributed by atoms with Gasteiger partial charge in [-0.25, -0.2) is 0 Å². The standard InChI is InChI=1S/C9H7NO2/c1-6-2-3-8-9(7(6)4-10)12-5-11-8/h2-3H,5H2,1H3. The van der Waals surface area contributed by atoms with Crippen LogP contribution in [0.3, 0.4) is 0 Å². The fourth-order valence-corrected chi connectivity index (χ4v) is 1.21. The molecule has 0 unspecified atom stereocenters. The van der Waals surface area contributed by atoms with Gasteiger partial charge in [0, 0.05) is 0 Å². The average molecular weight is 161 g/mol. The number of ether oxygens (including phenoxy) is 2. The maximum Gasteiger partial charge on any atom is 0.231 e. The summed E-state index contributed by atoms with van der Waals surface area (Å²) in [5, 5.41) is 8.80. The molecule has 0 spiro atoms. The average Bonchev–Trinajstić information content (AvgIpc) is 2.52. The van der Waals surface area contributed by atoms with E-state index in [-0.39, 0.29) is 6.79 Å². The maximum absolute atomic E-state index is 8.80. The van der Waals surface area contributed by atoms with Crippen molar-refractivity contribution < 1.29 is 9.47 Å². The van der Waals surface area contributed by atoms with Crippen LogP contribution in [0.4, 0.5) is 0 Å². The molecule has 0 radical (unpaired) electrons. The first-order valence-electron chi connectivity index (χ1n) is 3.62. The molecule has 1 aliphatic rings. The molecular weight excluding hydrogens is 154 g/mol. The quantitative estimate of drug-likeness (QED) is 0.580. The summed E-state index contributed by atoms with van der Waals surface area (Å²) in [6.45, 7) is 2.09. The molecule has 0 aliphatic carbocycles. The van der Waals surface area contributed by atoms with Gasteiger partial charge in [0.25, 0.3) is 0 Å². The minimum Gasteiger partial charge on any atom is -0.454 e. The van der Waals surface area contributed by atoms with Crippen LogP contribution < -0.4 is 9.47 Å². The first-order valence-corrected chi connectivity index (χ1v) is 3.62. The van der Waals surface area contributed by atoms with Crippen molar-refractivity contribution in [1.29, 1.82) is 5.26 Å². The number of nitriles is 1. The van der Waals surface area contributed by atoms with E-state index in [0.29, 0.717) is 17.1 Å². The van der Waals surface area contributed by atoms with E-state index in [0.717, 1.165) is 5.56 Å². The van der Waals surface area contributed by atoms with Crippen molar-refractivity contribution in [3.8, 4) is 17.6 Å². The summed E-state index contributed by atoms with van der Waals surface area (Å²) >= 11 is 0. The number of aryl methyl sites for hydroxylation is 1. The second-order valence-electron chi connectivity index (χ2n) is 2.60. The highest BCUT2D eigenvalue weighted by atomic mass is 16.7. The van der Waals surface area contributed by atoms with Gasteiger partial charge >= 0.3 is 0 Å². The van der Waals surface area contributed by atoms with E-state index < -0.39 is 0 Å². The Balaban J connectivity index is 2.67.